The molecule has 94 heavy (non-hydrogen) atoms. The normalized spacial score (nSPS) is 14.7. The summed E-state index contributed by atoms with van der Waals surface area (Å²) in [5, 5.41) is 10.6. The van der Waals surface area contributed by atoms with E-state index in [0.717, 1.165) is 114 Å². The van der Waals surface area contributed by atoms with Crippen LogP contribution in [-0.4, -0.2) is 96.7 Å². The highest BCUT2D eigenvalue weighted by Crippen LogP contribution is 2.45. The number of carbonyl (C=O) groups is 4. The summed E-state index contributed by atoms with van der Waals surface area (Å²) in [6.45, 7) is 11.9. The zero-order valence-corrected chi connectivity index (χ0v) is 63.2. The summed E-state index contributed by atoms with van der Waals surface area (Å²) in [6, 6.07) is 0. The average molecular weight is 1380 g/mol. The molecule has 0 radical (unpaired) electrons. The molecular weight excluding hydrogens is 1230 g/mol. The Balaban J connectivity index is 5.26. The number of ether oxygens (including phenoxy) is 4. The molecule has 0 aromatic carbocycles. The lowest BCUT2D eigenvalue weighted by atomic mass is 9.99. The van der Waals surface area contributed by atoms with Crippen molar-refractivity contribution in [1.29, 1.82) is 0 Å². The highest BCUT2D eigenvalue weighted by Gasteiger charge is 2.30. The molecule has 0 amide bonds. The van der Waals surface area contributed by atoms with Gasteiger partial charge in [-0.2, -0.15) is 0 Å². The number of unbranched alkanes of at least 4 members (excludes halogenated alkanes) is 39. The fraction of sp³-hybridized carbons (Fsp3) is 0.947. The molecule has 0 bridgehead atoms. The zero-order chi connectivity index (χ0) is 69.4. The first-order chi connectivity index (χ1) is 45.3. The molecule has 4 unspecified atom stereocenters. The van der Waals surface area contributed by atoms with E-state index in [2.05, 4.69) is 48.5 Å². The van der Waals surface area contributed by atoms with E-state index in [9.17, 15) is 43.2 Å². The van der Waals surface area contributed by atoms with E-state index in [4.69, 9.17) is 37.0 Å². The van der Waals surface area contributed by atoms with Crippen LogP contribution in [0.4, 0.5) is 0 Å². The van der Waals surface area contributed by atoms with E-state index in [1.165, 1.54) is 186 Å². The quantitative estimate of drug-likeness (QED) is 0.0222. The molecule has 0 rings (SSSR count). The van der Waals surface area contributed by atoms with Crippen LogP contribution in [0.5, 0.6) is 0 Å². The van der Waals surface area contributed by atoms with Crippen LogP contribution in [0.2, 0.25) is 0 Å². The molecule has 0 saturated carbocycles. The summed E-state index contributed by atoms with van der Waals surface area (Å²) in [7, 11) is -9.91. The second kappa shape index (κ2) is 65.7. The highest BCUT2D eigenvalue weighted by atomic mass is 31.2. The molecule has 7 atom stereocenters. The van der Waals surface area contributed by atoms with Crippen molar-refractivity contribution in [3.8, 4) is 0 Å². The molecule has 558 valence electrons. The van der Waals surface area contributed by atoms with Gasteiger partial charge in [0.05, 0.1) is 26.4 Å². The lowest BCUT2D eigenvalue weighted by molar-refractivity contribution is -0.161. The Hall–Kier alpha value is -1.94. The first-order valence-electron chi connectivity index (χ1n) is 38.9. The van der Waals surface area contributed by atoms with Crippen LogP contribution in [0, 0.1) is 17.8 Å². The summed E-state index contributed by atoms with van der Waals surface area (Å²) in [6.07, 6.45) is 51.3. The summed E-state index contributed by atoms with van der Waals surface area (Å²) in [5.74, 6) is 0.175. The molecule has 0 aliphatic carbocycles. The first-order valence-corrected chi connectivity index (χ1v) is 41.9. The third-order valence-electron chi connectivity index (χ3n) is 18.1. The Morgan fingerprint density at radius 1 is 0.309 bits per heavy atom. The van der Waals surface area contributed by atoms with E-state index in [-0.39, 0.29) is 25.7 Å². The minimum atomic E-state index is -4.96. The summed E-state index contributed by atoms with van der Waals surface area (Å²) in [4.78, 5) is 72.8. The standard InChI is InChI=1S/C75H146O17P2/c1-8-11-12-13-14-15-16-17-18-22-25-28-34-42-49-56-72(77)85-62-70(91-74(79)58-51-44-35-29-26-23-20-19-21-24-27-32-39-46-53-66(4)5)64-89-93(81,82)87-60-69(76)61-88-94(83,84)90-65-71(63-86-73(78)57-50-43-38-37-41-48-55-68(7)10-3)92-75(80)59-52-45-36-31-30-33-40-47-54-67(6)9-2/h66-71,76H,8-65H2,1-7H3,(H,81,82)(H,83,84)/t67?,68?,69-,70-,71-/m1/s1. The third-order valence-corrected chi connectivity index (χ3v) is 20.0. The molecule has 0 aromatic heterocycles. The minimum Gasteiger partial charge on any atom is -0.462 e. The molecule has 3 N–H and O–H groups in total. The monoisotopic (exact) mass is 1380 g/mol. The van der Waals surface area contributed by atoms with Crippen LogP contribution in [0.1, 0.15) is 382 Å². The van der Waals surface area contributed by atoms with Gasteiger partial charge in [-0.05, 0) is 43.4 Å². The highest BCUT2D eigenvalue weighted by molar-refractivity contribution is 7.47. The number of aliphatic hydroxyl groups is 1. The second-order valence-corrected chi connectivity index (χ2v) is 30.9. The molecule has 0 aliphatic heterocycles. The Bertz CT molecular complexity index is 1840. The van der Waals surface area contributed by atoms with Gasteiger partial charge in [0, 0.05) is 25.7 Å². The van der Waals surface area contributed by atoms with Crippen LogP contribution in [0.15, 0.2) is 0 Å². The smallest absolute Gasteiger partial charge is 0.462 e. The molecule has 17 nitrogen and oxygen atoms in total. The number of carbonyl (C=O) groups excluding carboxylic acids is 4. The Morgan fingerprint density at radius 2 is 0.543 bits per heavy atom. The van der Waals surface area contributed by atoms with Crippen molar-refractivity contribution in [2.75, 3.05) is 39.6 Å². The lowest BCUT2D eigenvalue weighted by Crippen LogP contribution is -2.30. The van der Waals surface area contributed by atoms with E-state index in [1.54, 1.807) is 0 Å². The number of esters is 4. The maximum absolute atomic E-state index is 13.1. The second-order valence-electron chi connectivity index (χ2n) is 28.0. The Kier molecular flexibility index (Phi) is 64.3. The number of hydrogen-bond donors (Lipinski definition) is 3. The van der Waals surface area contributed by atoms with Gasteiger partial charge >= 0.3 is 39.5 Å². The fourth-order valence-corrected chi connectivity index (χ4v) is 12.9. The number of hydrogen-bond acceptors (Lipinski definition) is 15. The summed E-state index contributed by atoms with van der Waals surface area (Å²) >= 11 is 0. The number of phosphoric acid groups is 2. The largest absolute Gasteiger partial charge is 0.472 e. The van der Waals surface area contributed by atoms with Crippen LogP contribution >= 0.6 is 15.6 Å². The van der Waals surface area contributed by atoms with Gasteiger partial charge < -0.3 is 33.8 Å². The van der Waals surface area contributed by atoms with Gasteiger partial charge in [0.1, 0.15) is 19.3 Å². The third kappa shape index (κ3) is 66.0. The van der Waals surface area contributed by atoms with E-state index in [1.807, 2.05) is 0 Å². The maximum Gasteiger partial charge on any atom is 0.472 e. The van der Waals surface area contributed by atoms with E-state index >= 15 is 0 Å². The molecule has 0 aliphatic rings. The lowest BCUT2D eigenvalue weighted by Gasteiger charge is -2.21. The molecular formula is C75H146O17P2. The summed E-state index contributed by atoms with van der Waals surface area (Å²) in [5.41, 5.74) is 0. The van der Waals surface area contributed by atoms with Gasteiger partial charge in [-0.3, -0.25) is 37.3 Å². The zero-order valence-electron chi connectivity index (χ0n) is 61.4. The van der Waals surface area contributed by atoms with E-state index < -0.39 is 97.5 Å². The number of phosphoric ester groups is 2. The van der Waals surface area contributed by atoms with Gasteiger partial charge in [-0.15, -0.1) is 0 Å². The van der Waals surface area contributed by atoms with Crippen molar-refractivity contribution in [1.82, 2.24) is 0 Å². The average Bonchev–Trinajstić information content (AvgIpc) is 1.70. The van der Waals surface area contributed by atoms with Gasteiger partial charge in [-0.1, -0.05) is 331 Å². The number of aliphatic hydroxyl groups excluding tert-OH is 1. The molecule has 0 spiro atoms. The number of rotatable bonds is 73. The molecule has 19 heteroatoms. The van der Waals surface area contributed by atoms with Crippen molar-refractivity contribution in [2.24, 2.45) is 17.8 Å². The van der Waals surface area contributed by atoms with Gasteiger partial charge in [0.15, 0.2) is 12.2 Å². The van der Waals surface area contributed by atoms with Crippen LogP contribution in [0.3, 0.4) is 0 Å². The van der Waals surface area contributed by atoms with E-state index in [0.29, 0.717) is 25.7 Å². The molecule has 0 fully saturated rings. The van der Waals surface area contributed by atoms with Crippen molar-refractivity contribution < 1.29 is 80.2 Å². The van der Waals surface area contributed by atoms with Crippen LogP contribution in [-0.2, 0) is 65.4 Å². The Morgan fingerprint density at radius 3 is 0.809 bits per heavy atom. The summed E-state index contributed by atoms with van der Waals surface area (Å²) < 4.78 is 68.5. The molecule has 0 heterocycles. The molecule has 0 aromatic rings. The minimum absolute atomic E-state index is 0.104. The fourth-order valence-electron chi connectivity index (χ4n) is 11.4. The van der Waals surface area contributed by atoms with Crippen molar-refractivity contribution in [2.45, 2.75) is 401 Å². The van der Waals surface area contributed by atoms with Crippen molar-refractivity contribution in [3.05, 3.63) is 0 Å². The van der Waals surface area contributed by atoms with Crippen molar-refractivity contribution >= 4 is 39.5 Å². The van der Waals surface area contributed by atoms with Gasteiger partial charge in [-0.25, -0.2) is 9.13 Å². The Labute approximate surface area is 575 Å². The predicted octanol–water partition coefficient (Wildman–Crippen LogP) is 21.8. The van der Waals surface area contributed by atoms with Crippen LogP contribution < -0.4 is 0 Å². The first kappa shape index (κ1) is 92.1. The predicted molar refractivity (Wildman–Crippen MR) is 381 cm³/mol. The van der Waals surface area contributed by atoms with Crippen LogP contribution in [0.25, 0.3) is 0 Å². The van der Waals surface area contributed by atoms with Crippen molar-refractivity contribution in [3.63, 3.8) is 0 Å². The maximum atomic E-state index is 13.1. The SMILES string of the molecule is CCCCCCCCCCCCCCCCCC(=O)OC[C@H](COP(=O)(O)OC[C@@H](O)COP(=O)(O)OC[C@@H](COC(=O)CCCCCCCCC(C)CC)OC(=O)CCCCCCCCCCC(C)CC)OC(=O)CCCCCCCCCCCCCCCCC(C)C. The topological polar surface area (TPSA) is 237 Å². The van der Waals surface area contributed by atoms with Gasteiger partial charge in [0.2, 0.25) is 0 Å². The molecule has 0 saturated heterocycles. The van der Waals surface area contributed by atoms with Gasteiger partial charge in [0.25, 0.3) is 0 Å².